The van der Waals surface area contributed by atoms with Gasteiger partial charge in [-0.05, 0) is 23.5 Å². The first-order valence-electron chi connectivity index (χ1n) is 8.47. The van der Waals surface area contributed by atoms with Crippen molar-refractivity contribution in [1.29, 1.82) is 0 Å². The number of carboxylic acids is 1. The fraction of sp³-hybridized carbons (Fsp3) is 0.0476. The van der Waals surface area contributed by atoms with Crippen molar-refractivity contribution in [3.05, 3.63) is 76.6 Å². The van der Waals surface area contributed by atoms with Gasteiger partial charge >= 0.3 is 29.6 Å². The molecule has 2 N–H and O–H groups in total. The third-order valence-electron chi connectivity index (χ3n) is 3.40. The van der Waals surface area contributed by atoms with Gasteiger partial charge in [0.2, 0.25) is 0 Å². The molecule has 1 amide bonds. The van der Waals surface area contributed by atoms with Crippen molar-refractivity contribution in [3.63, 3.8) is 0 Å². The summed E-state index contributed by atoms with van der Waals surface area (Å²) >= 11 is 2.88. The number of benzene rings is 2. The Morgan fingerprint density at radius 2 is 1.87 bits per heavy atom. The summed E-state index contributed by atoms with van der Waals surface area (Å²) in [5.41, 5.74) is 2.63. The van der Waals surface area contributed by atoms with Crippen LogP contribution in [0.2, 0.25) is 0 Å². The molecule has 1 aliphatic rings. The first-order valence-corrected chi connectivity index (χ1v) is 10.2. The molecule has 0 unspecified atom stereocenters. The van der Waals surface area contributed by atoms with E-state index in [0.29, 0.717) is 10.1 Å². The molecule has 0 spiro atoms. The molecule has 1 saturated heterocycles. The normalized spacial score (nSPS) is 15.2. The Balaban J connectivity index is 0.000000591. The third-order valence-corrected chi connectivity index (χ3v) is 5.22. The van der Waals surface area contributed by atoms with Gasteiger partial charge in [0.15, 0.2) is 5.17 Å². The zero-order valence-electron chi connectivity index (χ0n) is 16.3. The van der Waals surface area contributed by atoms with E-state index < -0.39 is 5.97 Å². The standard InChI is InChI=1S/C19H12N3OS2.C2H4O2.Na/c23-17-16(25-19(22-17)21-14-9-5-2-6-10-14)11-15-12-24-18(20-15)13-7-3-1-4-8-13;1-2(3)4;/h1,3-12H,(H,21,22,23);1H3,(H,3,4);/q-1;;+1. The van der Waals surface area contributed by atoms with Crippen molar-refractivity contribution in [2.75, 3.05) is 0 Å². The number of carboxylic acid groups (broad SMARTS) is 1. The number of rotatable bonds is 3. The largest absolute Gasteiger partial charge is 1.00 e. The number of nitrogens with zero attached hydrogens (tertiary/aromatic N) is 2. The van der Waals surface area contributed by atoms with Crippen molar-refractivity contribution >= 4 is 51.9 Å². The van der Waals surface area contributed by atoms with Crippen molar-refractivity contribution in [1.82, 2.24) is 10.3 Å². The van der Waals surface area contributed by atoms with E-state index in [1.165, 1.54) is 11.8 Å². The Bertz CT molecular complexity index is 1060. The smallest absolute Gasteiger partial charge is 0.481 e. The van der Waals surface area contributed by atoms with Crippen molar-refractivity contribution in [3.8, 4) is 10.6 Å². The van der Waals surface area contributed by atoms with Gasteiger partial charge in [0.1, 0.15) is 5.01 Å². The average molecular weight is 446 g/mol. The average Bonchev–Trinajstić information content (AvgIpc) is 3.30. The van der Waals surface area contributed by atoms with E-state index in [9.17, 15) is 4.79 Å². The van der Waals surface area contributed by atoms with Crippen LogP contribution >= 0.6 is 23.1 Å². The molecule has 0 saturated carbocycles. The summed E-state index contributed by atoms with van der Waals surface area (Å²) in [4.78, 5) is 30.7. The summed E-state index contributed by atoms with van der Waals surface area (Å²) in [6.45, 7) is 1.08. The Labute approximate surface area is 204 Å². The fourth-order valence-electron chi connectivity index (χ4n) is 2.25. The minimum Gasteiger partial charge on any atom is -0.481 e. The number of carbonyl (C=O) groups excluding carboxylic acids is 1. The first kappa shape index (κ1) is 24.0. The van der Waals surface area contributed by atoms with Gasteiger partial charge in [-0.3, -0.25) is 14.6 Å². The number of hydrogen-bond donors (Lipinski definition) is 2. The molecule has 6 nitrogen and oxygen atoms in total. The summed E-state index contributed by atoms with van der Waals surface area (Å²) in [6, 6.07) is 20.2. The molecule has 4 rings (SSSR count). The second-order valence-electron chi connectivity index (χ2n) is 5.70. The summed E-state index contributed by atoms with van der Waals surface area (Å²) in [5.74, 6) is -0.986. The minimum absolute atomic E-state index is 0. The quantitative estimate of drug-likeness (QED) is 0.363. The van der Waals surface area contributed by atoms with E-state index in [1.807, 2.05) is 47.8 Å². The Morgan fingerprint density at radius 3 is 2.53 bits per heavy atom. The van der Waals surface area contributed by atoms with E-state index >= 15 is 0 Å². The topological polar surface area (TPSA) is 91.6 Å². The number of amidine groups is 1. The number of carbonyl (C=O) groups is 2. The Kier molecular flexibility index (Phi) is 9.48. The van der Waals surface area contributed by atoms with E-state index in [-0.39, 0.29) is 35.5 Å². The van der Waals surface area contributed by atoms with Gasteiger partial charge in [0, 0.05) is 17.9 Å². The first-order chi connectivity index (χ1) is 14.0. The summed E-state index contributed by atoms with van der Waals surface area (Å²) in [6.07, 6.45) is 1.80. The van der Waals surface area contributed by atoms with E-state index in [0.717, 1.165) is 28.9 Å². The van der Waals surface area contributed by atoms with Crippen LogP contribution in [0.15, 0.2) is 69.9 Å². The number of aromatic nitrogens is 1. The molecular weight excluding hydrogens is 429 g/mol. The molecule has 1 aromatic heterocycles. The van der Waals surface area contributed by atoms with Crippen LogP contribution in [0.5, 0.6) is 0 Å². The number of thiazole rings is 1. The van der Waals surface area contributed by atoms with Gasteiger partial charge < -0.3 is 10.4 Å². The summed E-state index contributed by atoms with van der Waals surface area (Å²) < 4.78 is 0. The molecule has 1 fully saturated rings. The number of aliphatic imine (C=N–C) groups is 1. The van der Waals surface area contributed by atoms with Gasteiger partial charge in [-0.25, -0.2) is 4.98 Å². The molecule has 1 aliphatic heterocycles. The van der Waals surface area contributed by atoms with Gasteiger partial charge in [0.05, 0.1) is 10.6 Å². The Hall–Kier alpha value is -2.23. The second-order valence-corrected chi connectivity index (χ2v) is 7.59. The molecule has 9 heteroatoms. The molecule has 2 aromatic carbocycles. The van der Waals surface area contributed by atoms with Crippen LogP contribution in [-0.2, 0) is 9.59 Å². The SMILES string of the molecule is CC(=O)O.O=C1NC(=Nc2cc[c-]cc2)SC1=Cc1csc(-c2ccccc2)n1.[Na+]. The number of hydrogen-bond acceptors (Lipinski definition) is 6. The van der Waals surface area contributed by atoms with Crippen LogP contribution < -0.4 is 34.9 Å². The molecule has 3 aromatic rings. The number of aliphatic carboxylic acids is 1. The number of amides is 1. The minimum atomic E-state index is -0.833. The zero-order chi connectivity index (χ0) is 20.6. The fourth-order valence-corrected chi connectivity index (χ4v) is 3.86. The maximum Gasteiger partial charge on any atom is 1.00 e. The van der Waals surface area contributed by atoms with E-state index in [1.54, 1.807) is 29.5 Å². The number of nitrogens with one attached hydrogen (secondary N) is 1. The molecule has 2 heterocycles. The van der Waals surface area contributed by atoms with Gasteiger partial charge in [-0.15, -0.1) is 23.5 Å². The van der Waals surface area contributed by atoms with Crippen molar-refractivity contribution < 1.29 is 44.3 Å². The van der Waals surface area contributed by atoms with Crippen LogP contribution in [0.3, 0.4) is 0 Å². The van der Waals surface area contributed by atoms with Crippen LogP contribution in [0.1, 0.15) is 12.6 Å². The van der Waals surface area contributed by atoms with Crippen LogP contribution in [-0.4, -0.2) is 27.1 Å². The van der Waals surface area contributed by atoms with Crippen molar-refractivity contribution in [2.45, 2.75) is 6.92 Å². The predicted molar refractivity (Wildman–Crippen MR) is 117 cm³/mol. The molecular formula is C21H16N3NaO3S2. The van der Waals surface area contributed by atoms with E-state index in [2.05, 4.69) is 21.4 Å². The van der Waals surface area contributed by atoms with Crippen LogP contribution in [0.25, 0.3) is 16.6 Å². The zero-order valence-corrected chi connectivity index (χ0v) is 20.0. The summed E-state index contributed by atoms with van der Waals surface area (Å²) in [5, 5.41) is 13.7. The molecule has 0 aliphatic carbocycles. The van der Waals surface area contributed by atoms with Crippen LogP contribution in [0, 0.1) is 6.07 Å². The van der Waals surface area contributed by atoms with Gasteiger partial charge in [0.25, 0.3) is 11.9 Å². The third kappa shape index (κ3) is 7.23. The second kappa shape index (κ2) is 11.8. The molecule has 0 bridgehead atoms. The maximum atomic E-state index is 12.1. The maximum absolute atomic E-state index is 12.1. The van der Waals surface area contributed by atoms with E-state index in [4.69, 9.17) is 9.90 Å². The molecule has 146 valence electrons. The number of thioether (sulfide) groups is 1. The van der Waals surface area contributed by atoms with Gasteiger partial charge in [-0.2, -0.15) is 18.2 Å². The van der Waals surface area contributed by atoms with Crippen molar-refractivity contribution in [2.24, 2.45) is 4.99 Å². The molecule has 0 radical (unpaired) electrons. The molecule has 0 atom stereocenters. The predicted octanol–water partition coefficient (Wildman–Crippen LogP) is 1.60. The summed E-state index contributed by atoms with van der Waals surface area (Å²) in [7, 11) is 0. The van der Waals surface area contributed by atoms with Crippen LogP contribution in [0.4, 0.5) is 5.69 Å². The van der Waals surface area contributed by atoms with Gasteiger partial charge in [-0.1, -0.05) is 30.3 Å². The molecule has 30 heavy (non-hydrogen) atoms. The monoisotopic (exact) mass is 445 g/mol. The Morgan fingerprint density at radius 1 is 1.20 bits per heavy atom.